The van der Waals surface area contributed by atoms with Gasteiger partial charge in [-0.3, -0.25) is 41.7 Å². The van der Waals surface area contributed by atoms with Crippen molar-refractivity contribution in [3.8, 4) is 17.2 Å². The van der Waals surface area contributed by atoms with Crippen LogP contribution in [0.4, 0.5) is 17.5 Å². The van der Waals surface area contributed by atoms with Gasteiger partial charge in [0.25, 0.3) is 0 Å². The number of aliphatic hydroxyl groups excluding tert-OH is 6. The molecule has 0 aliphatic carbocycles. The Balaban J connectivity index is 0.000000231. The molecular weight excluding hydrogens is 1530 g/mol. The maximum absolute atomic E-state index is 13.7. The first-order valence-corrected chi connectivity index (χ1v) is 38.6. The summed E-state index contributed by atoms with van der Waals surface area (Å²) in [6.45, 7) is 11.9. The molecule has 9 rings (SSSR count). The SMILES string of the molecule is CO[C@]1(COP(=O)(N[C@H](C)C(=O)OC(C)C)Oc2ccccc2)O[C@@H](n2ccc(N)nc2=O)[C@H](O)[C@@H]1O.CO[C@]1(CO[P@@](=O)(N[C@H](C)C(=O)OC(C)C)Oc2ccccc2)O[C@@H](n2ccc(N)nc2=O)[C@H](O)[C@@H]1O.CO[C@]1(CO[P@](=O)(N[C@H](C)C(=O)OC(C)C)Oc2ccccc2)O[C@@H](n2ccc(N)nc2=O)[C@H](O)[C@@H]1O. The lowest BCUT2D eigenvalue weighted by atomic mass is 10.1. The fourth-order valence-electron chi connectivity index (χ4n) is 10.4. The molecule has 3 aromatic carbocycles. The molecule has 3 aliphatic rings. The Labute approximate surface area is 634 Å². The number of carbonyl (C=O) groups is 3. The summed E-state index contributed by atoms with van der Waals surface area (Å²) in [5.41, 5.74) is 14.0. The second-order valence-corrected chi connectivity index (χ2v) is 30.6. The van der Waals surface area contributed by atoms with Gasteiger partial charge in [0.05, 0.1) is 18.3 Å². The van der Waals surface area contributed by atoms with E-state index in [1.54, 1.807) is 96.1 Å². The topological polar surface area (TPSA) is 581 Å². The van der Waals surface area contributed by atoms with Gasteiger partial charge in [-0.05, 0) is 117 Å². The van der Waals surface area contributed by atoms with Crippen LogP contribution in [-0.2, 0) is 84.3 Å². The van der Waals surface area contributed by atoms with E-state index in [0.717, 1.165) is 35.0 Å². The Morgan fingerprint density at radius 3 is 0.847 bits per heavy atom. The van der Waals surface area contributed by atoms with Crippen LogP contribution < -0.4 is 63.1 Å². The van der Waals surface area contributed by atoms with Gasteiger partial charge in [0, 0.05) is 39.9 Å². The maximum Gasteiger partial charge on any atom is 0.459 e. The number of methoxy groups -OCH3 is 3. The molecule has 1 unspecified atom stereocenters. The Morgan fingerprint density at radius 2 is 0.649 bits per heavy atom. The van der Waals surface area contributed by atoms with Crippen LogP contribution in [0.25, 0.3) is 0 Å². The number of benzene rings is 3. The Kier molecular flexibility index (Phi) is 31.4. The highest BCUT2D eigenvalue weighted by atomic mass is 31.2. The molecule has 3 fully saturated rings. The number of hydrogen-bond acceptors (Lipinski definition) is 36. The molecule has 6 aromatic rings. The molecule has 0 bridgehead atoms. The monoisotopic (exact) mass is 1630 g/mol. The number of esters is 3. The third-order valence-electron chi connectivity index (χ3n) is 16.0. The average Bonchev–Trinajstić information content (AvgIpc) is 1.62. The van der Waals surface area contributed by atoms with E-state index in [1.165, 1.54) is 94.0 Å². The van der Waals surface area contributed by atoms with Crippen molar-refractivity contribution in [2.45, 2.75) is 171 Å². The molecule has 0 radical (unpaired) electrons. The first kappa shape index (κ1) is 89.7. The number of aliphatic hydroxyl groups is 6. The quantitative estimate of drug-likeness (QED) is 0.0158. The van der Waals surface area contributed by atoms with Crippen molar-refractivity contribution in [1.29, 1.82) is 0 Å². The number of carbonyl (C=O) groups excluding carboxylic acids is 3. The molecule has 0 saturated carbocycles. The minimum Gasteiger partial charge on any atom is -0.462 e. The van der Waals surface area contributed by atoms with Gasteiger partial charge in [-0.2, -0.15) is 30.2 Å². The summed E-state index contributed by atoms with van der Waals surface area (Å²) in [5, 5.41) is 71.7. The standard InChI is InChI=1S/3C22H31N4O10P/c3*1-13(2)34-20(29)14(3)25-37(31,36-15-8-6-5-7-9-15)33-12-22(32-4)18(28)17(27)19(35-22)26-11-10-16(23)24-21(26)30/h3*5-11,13-14,17-19,27-28H,12H2,1-4H3,(H,25,31)(H2,23,24,30)/t14-,17-,18+,19-,22-,37?;14-,17-,18+,19-,22-,37+;14-,17-,18+,19-,22-,37-/m111/s1. The average molecular weight is 1630 g/mol. The minimum absolute atomic E-state index is 0.0502. The van der Waals surface area contributed by atoms with Crippen LogP contribution in [0.5, 0.6) is 17.2 Å². The van der Waals surface area contributed by atoms with Gasteiger partial charge in [0.1, 0.15) is 109 Å². The number of aromatic nitrogens is 6. The van der Waals surface area contributed by atoms with E-state index in [-0.39, 0.29) is 34.7 Å². The fourth-order valence-corrected chi connectivity index (χ4v) is 14.9. The van der Waals surface area contributed by atoms with Gasteiger partial charge < -0.3 is 104 Å². The molecule has 18 atom stereocenters. The van der Waals surface area contributed by atoms with Gasteiger partial charge in [0.2, 0.25) is 17.4 Å². The van der Waals surface area contributed by atoms with Crippen LogP contribution in [0.15, 0.2) is 142 Å². The van der Waals surface area contributed by atoms with Gasteiger partial charge in [-0.1, -0.05) is 54.6 Å². The number of ether oxygens (including phenoxy) is 9. The second kappa shape index (κ2) is 38.8. The molecule has 111 heavy (non-hydrogen) atoms. The summed E-state index contributed by atoms with van der Waals surface area (Å²) in [6.07, 6.45) is -12.2. The number of nitrogens with two attached hydrogens (primary N) is 3. The summed E-state index contributed by atoms with van der Waals surface area (Å²) in [4.78, 5) is 84.5. The Morgan fingerprint density at radius 1 is 0.423 bits per heavy atom. The van der Waals surface area contributed by atoms with Gasteiger partial charge in [-0.15, -0.1) is 0 Å². The number of nitrogens with one attached hydrogen (secondary N) is 3. The fraction of sp³-hybridized carbons (Fsp3) is 0.500. The Bertz CT molecular complexity index is 3970. The number of anilines is 3. The number of hydrogen-bond donors (Lipinski definition) is 12. The van der Waals surface area contributed by atoms with E-state index in [0.29, 0.717) is 0 Å². The van der Waals surface area contributed by atoms with Crippen molar-refractivity contribution in [2.75, 3.05) is 58.4 Å². The number of para-hydroxylation sites is 3. The molecule has 15 N–H and O–H groups in total. The van der Waals surface area contributed by atoms with Gasteiger partial charge in [0.15, 0.2) is 18.7 Å². The normalized spacial score (nSPS) is 26.0. The second-order valence-electron chi connectivity index (χ2n) is 25.5. The summed E-state index contributed by atoms with van der Waals surface area (Å²) >= 11 is 0. The largest absolute Gasteiger partial charge is 0.462 e. The van der Waals surface area contributed by atoms with Crippen LogP contribution in [-0.4, -0.2) is 209 Å². The molecule has 42 nitrogen and oxygen atoms in total. The maximum atomic E-state index is 13.7. The zero-order valence-corrected chi connectivity index (χ0v) is 64.8. The summed E-state index contributed by atoms with van der Waals surface area (Å²) in [5.74, 6) is -8.10. The van der Waals surface area contributed by atoms with Crippen molar-refractivity contribution < 1.29 is 128 Å². The van der Waals surface area contributed by atoms with E-state index in [4.69, 9.17) is 87.0 Å². The lowest BCUT2D eigenvalue weighted by Crippen LogP contribution is -2.49. The summed E-state index contributed by atoms with van der Waals surface area (Å²) < 4.78 is 126. The number of nitrogen functional groups attached to an aromatic ring is 3. The van der Waals surface area contributed by atoms with Crippen LogP contribution >= 0.6 is 23.2 Å². The molecule has 3 aromatic heterocycles. The van der Waals surface area contributed by atoms with E-state index < -0.39 is 187 Å². The van der Waals surface area contributed by atoms with E-state index in [1.807, 2.05) is 0 Å². The first-order chi connectivity index (χ1) is 52.2. The van der Waals surface area contributed by atoms with Crippen molar-refractivity contribution in [2.24, 2.45) is 0 Å². The third-order valence-corrected chi connectivity index (χ3v) is 20.8. The molecule has 45 heteroatoms. The smallest absolute Gasteiger partial charge is 0.459 e. The van der Waals surface area contributed by atoms with E-state index in [9.17, 15) is 73.1 Å². The van der Waals surface area contributed by atoms with Gasteiger partial charge >= 0.3 is 58.2 Å². The van der Waals surface area contributed by atoms with Crippen molar-refractivity contribution in [1.82, 2.24) is 43.9 Å². The molecular formula is C66H93N12O30P3. The first-order valence-electron chi connectivity index (χ1n) is 33.9. The number of rotatable bonds is 33. The molecule has 612 valence electrons. The highest BCUT2D eigenvalue weighted by Gasteiger charge is 2.60. The third kappa shape index (κ3) is 23.3. The highest BCUT2D eigenvalue weighted by Crippen LogP contribution is 2.51. The van der Waals surface area contributed by atoms with E-state index >= 15 is 0 Å². The molecule has 3 saturated heterocycles. The minimum atomic E-state index is -4.36. The predicted molar refractivity (Wildman–Crippen MR) is 388 cm³/mol. The molecule has 0 amide bonds. The summed E-state index contributed by atoms with van der Waals surface area (Å²) in [6, 6.07) is 24.6. The zero-order valence-electron chi connectivity index (χ0n) is 62.1. The predicted octanol–water partition coefficient (Wildman–Crippen LogP) is 1.66. The molecule has 6 heterocycles. The van der Waals surface area contributed by atoms with Crippen molar-refractivity contribution in [3.05, 3.63) is 159 Å². The van der Waals surface area contributed by atoms with Crippen LogP contribution in [0, 0.1) is 0 Å². The summed E-state index contributed by atoms with van der Waals surface area (Å²) in [7, 11) is -9.60. The molecule has 3 aliphatic heterocycles. The highest BCUT2D eigenvalue weighted by molar-refractivity contribution is 7.52. The zero-order chi connectivity index (χ0) is 82.1. The van der Waals surface area contributed by atoms with Crippen LogP contribution in [0.3, 0.4) is 0 Å². The Hall–Kier alpha value is -8.52. The van der Waals surface area contributed by atoms with Crippen LogP contribution in [0.2, 0.25) is 0 Å². The van der Waals surface area contributed by atoms with Crippen molar-refractivity contribution >= 4 is 58.6 Å². The molecule has 0 spiro atoms. The lowest BCUT2D eigenvalue weighted by Gasteiger charge is -2.32. The van der Waals surface area contributed by atoms with Gasteiger partial charge in [-0.25, -0.2) is 28.1 Å². The lowest BCUT2D eigenvalue weighted by molar-refractivity contribution is -0.267. The van der Waals surface area contributed by atoms with Crippen molar-refractivity contribution in [3.63, 3.8) is 0 Å². The number of nitrogens with zero attached hydrogens (tertiary/aromatic N) is 6. The van der Waals surface area contributed by atoms with Crippen LogP contribution in [0.1, 0.15) is 81.0 Å². The van der Waals surface area contributed by atoms with E-state index in [2.05, 4.69) is 30.2 Å².